The lowest BCUT2D eigenvalue weighted by Crippen LogP contribution is -1.90. The van der Waals surface area contributed by atoms with Gasteiger partial charge in [0.25, 0.3) is 0 Å². The molecule has 1 rings (SSSR count). The number of ether oxygens (including phenoxy) is 1. The Morgan fingerprint density at radius 3 is 2.57 bits per heavy atom. The number of benzene rings is 1. The van der Waals surface area contributed by atoms with Crippen molar-refractivity contribution >= 4 is 6.08 Å². The Bertz CT molecular complexity index is 330. The van der Waals surface area contributed by atoms with Gasteiger partial charge in [-0.05, 0) is 24.6 Å². The van der Waals surface area contributed by atoms with Crippen molar-refractivity contribution in [3.05, 3.63) is 46.1 Å². The van der Waals surface area contributed by atoms with Gasteiger partial charge in [0.05, 0.1) is 11.5 Å². The van der Waals surface area contributed by atoms with Crippen molar-refractivity contribution in [2.75, 3.05) is 6.61 Å². The molecule has 0 atom stereocenters. The highest BCUT2D eigenvalue weighted by molar-refractivity contribution is 5.49. The summed E-state index contributed by atoms with van der Waals surface area (Å²) in [5.41, 5.74) is 0.783. The Morgan fingerprint density at radius 2 is 2.07 bits per heavy atom. The van der Waals surface area contributed by atoms with Gasteiger partial charge in [-0.3, -0.25) is 10.1 Å². The SMILES string of the molecule is CCOc1ccc(/C=C/[N+](=O)[O-])cc1. The van der Waals surface area contributed by atoms with Gasteiger partial charge in [0.15, 0.2) is 0 Å². The van der Waals surface area contributed by atoms with Gasteiger partial charge < -0.3 is 4.74 Å². The Morgan fingerprint density at radius 1 is 1.43 bits per heavy atom. The fourth-order valence-electron chi connectivity index (χ4n) is 0.989. The maximum absolute atomic E-state index is 10.0. The lowest BCUT2D eigenvalue weighted by Gasteiger charge is -2.01. The van der Waals surface area contributed by atoms with Crippen LogP contribution >= 0.6 is 0 Å². The summed E-state index contributed by atoms with van der Waals surface area (Å²) in [5, 5.41) is 10.0. The average Bonchev–Trinajstić information content (AvgIpc) is 2.17. The third kappa shape index (κ3) is 3.26. The molecule has 0 aliphatic carbocycles. The van der Waals surface area contributed by atoms with Crippen LogP contribution in [0.25, 0.3) is 6.08 Å². The minimum atomic E-state index is -0.490. The van der Waals surface area contributed by atoms with Crippen LogP contribution in [0.15, 0.2) is 30.5 Å². The standard InChI is InChI=1S/C10H11NO3/c1-2-14-10-5-3-9(4-6-10)7-8-11(12)13/h3-8H,2H2,1H3/b8-7+. The second kappa shape index (κ2) is 5.01. The first kappa shape index (κ1) is 10.2. The molecule has 0 unspecified atom stereocenters. The van der Waals surface area contributed by atoms with E-state index in [4.69, 9.17) is 4.74 Å². The molecule has 0 amide bonds. The summed E-state index contributed by atoms with van der Waals surface area (Å²) in [5.74, 6) is 0.769. The maximum Gasteiger partial charge on any atom is 0.235 e. The Balaban J connectivity index is 2.68. The van der Waals surface area contributed by atoms with Crippen molar-refractivity contribution in [2.24, 2.45) is 0 Å². The topological polar surface area (TPSA) is 52.4 Å². The molecule has 0 spiro atoms. The van der Waals surface area contributed by atoms with Crippen LogP contribution in [0.5, 0.6) is 5.75 Å². The van der Waals surface area contributed by atoms with Crippen molar-refractivity contribution in [1.29, 1.82) is 0 Å². The van der Waals surface area contributed by atoms with Crippen molar-refractivity contribution in [2.45, 2.75) is 6.92 Å². The number of rotatable bonds is 4. The molecule has 0 aliphatic heterocycles. The summed E-state index contributed by atoms with van der Waals surface area (Å²) in [6.07, 6.45) is 2.35. The molecule has 0 bridgehead atoms. The van der Waals surface area contributed by atoms with E-state index in [1.165, 1.54) is 6.08 Å². The first-order valence-electron chi connectivity index (χ1n) is 4.27. The predicted molar refractivity (Wildman–Crippen MR) is 53.6 cm³/mol. The first-order chi connectivity index (χ1) is 6.72. The van der Waals surface area contributed by atoms with Gasteiger partial charge in [0.1, 0.15) is 5.75 Å². The number of nitro groups is 1. The minimum absolute atomic E-state index is 0.490. The highest BCUT2D eigenvalue weighted by Crippen LogP contribution is 2.12. The molecule has 0 N–H and O–H groups in total. The van der Waals surface area contributed by atoms with Crippen molar-refractivity contribution in [1.82, 2.24) is 0 Å². The predicted octanol–water partition coefficient (Wildman–Crippen LogP) is 2.33. The Hall–Kier alpha value is -1.84. The van der Waals surface area contributed by atoms with E-state index in [0.29, 0.717) is 6.61 Å². The smallest absolute Gasteiger partial charge is 0.235 e. The van der Waals surface area contributed by atoms with E-state index in [-0.39, 0.29) is 0 Å². The molecule has 74 valence electrons. The molecule has 0 saturated heterocycles. The molecule has 1 aromatic carbocycles. The van der Waals surface area contributed by atoms with Crippen LogP contribution in [0, 0.1) is 10.1 Å². The summed E-state index contributed by atoms with van der Waals surface area (Å²) >= 11 is 0. The molecule has 0 heterocycles. The molecule has 0 fully saturated rings. The normalized spacial score (nSPS) is 10.4. The summed E-state index contributed by atoms with van der Waals surface area (Å²) in [7, 11) is 0. The highest BCUT2D eigenvalue weighted by atomic mass is 16.6. The highest BCUT2D eigenvalue weighted by Gasteiger charge is 1.92. The molecule has 0 aliphatic rings. The number of nitrogens with zero attached hydrogens (tertiary/aromatic N) is 1. The van der Waals surface area contributed by atoms with E-state index in [9.17, 15) is 10.1 Å². The monoisotopic (exact) mass is 193 g/mol. The molecule has 0 radical (unpaired) electrons. The third-order valence-electron chi connectivity index (χ3n) is 1.58. The number of hydrogen-bond donors (Lipinski definition) is 0. The molecular weight excluding hydrogens is 182 g/mol. The second-order valence-corrected chi connectivity index (χ2v) is 2.60. The van der Waals surface area contributed by atoms with Crippen LogP contribution in [0.1, 0.15) is 12.5 Å². The fourth-order valence-corrected chi connectivity index (χ4v) is 0.989. The third-order valence-corrected chi connectivity index (χ3v) is 1.58. The summed E-state index contributed by atoms with van der Waals surface area (Å²) in [4.78, 5) is 9.55. The molecule has 14 heavy (non-hydrogen) atoms. The Labute approximate surface area is 82.0 Å². The van der Waals surface area contributed by atoms with Gasteiger partial charge in [-0.25, -0.2) is 0 Å². The van der Waals surface area contributed by atoms with E-state index >= 15 is 0 Å². The number of hydrogen-bond acceptors (Lipinski definition) is 3. The van der Waals surface area contributed by atoms with Gasteiger partial charge in [0.2, 0.25) is 6.20 Å². The largest absolute Gasteiger partial charge is 0.494 e. The summed E-state index contributed by atoms with van der Waals surface area (Å²) < 4.78 is 5.23. The van der Waals surface area contributed by atoms with E-state index < -0.39 is 4.92 Å². The quantitative estimate of drug-likeness (QED) is 0.544. The van der Waals surface area contributed by atoms with E-state index in [2.05, 4.69) is 0 Å². The fraction of sp³-hybridized carbons (Fsp3) is 0.200. The average molecular weight is 193 g/mol. The van der Waals surface area contributed by atoms with Crippen molar-refractivity contribution in [3.63, 3.8) is 0 Å². The van der Waals surface area contributed by atoms with E-state index in [1.807, 2.05) is 6.92 Å². The molecule has 4 heteroatoms. The van der Waals surface area contributed by atoms with Crippen molar-refractivity contribution in [3.8, 4) is 5.75 Å². The Kier molecular flexibility index (Phi) is 3.67. The summed E-state index contributed by atoms with van der Waals surface area (Å²) in [6.45, 7) is 2.52. The molecule has 4 nitrogen and oxygen atoms in total. The molecule has 0 saturated carbocycles. The lowest BCUT2D eigenvalue weighted by atomic mass is 10.2. The van der Waals surface area contributed by atoms with Gasteiger partial charge in [0, 0.05) is 6.08 Å². The van der Waals surface area contributed by atoms with Crippen LogP contribution in [-0.4, -0.2) is 11.5 Å². The summed E-state index contributed by atoms with van der Waals surface area (Å²) in [6, 6.07) is 7.10. The van der Waals surface area contributed by atoms with Crippen molar-refractivity contribution < 1.29 is 9.66 Å². The van der Waals surface area contributed by atoms with E-state index in [1.54, 1.807) is 24.3 Å². The van der Waals surface area contributed by atoms with Gasteiger partial charge in [-0.2, -0.15) is 0 Å². The van der Waals surface area contributed by atoms with Crippen LogP contribution in [0.3, 0.4) is 0 Å². The first-order valence-corrected chi connectivity index (χ1v) is 4.27. The molecule has 0 aromatic heterocycles. The van der Waals surface area contributed by atoms with Gasteiger partial charge in [-0.15, -0.1) is 0 Å². The minimum Gasteiger partial charge on any atom is -0.494 e. The zero-order valence-electron chi connectivity index (χ0n) is 7.84. The zero-order chi connectivity index (χ0) is 10.4. The van der Waals surface area contributed by atoms with E-state index in [0.717, 1.165) is 17.5 Å². The van der Waals surface area contributed by atoms with Gasteiger partial charge in [-0.1, -0.05) is 12.1 Å². The zero-order valence-corrected chi connectivity index (χ0v) is 7.84. The van der Waals surface area contributed by atoms with Crippen LogP contribution in [0.4, 0.5) is 0 Å². The van der Waals surface area contributed by atoms with Gasteiger partial charge >= 0.3 is 0 Å². The van der Waals surface area contributed by atoms with Crippen LogP contribution in [0.2, 0.25) is 0 Å². The maximum atomic E-state index is 10.0. The lowest BCUT2D eigenvalue weighted by molar-refractivity contribution is -0.400. The molecular formula is C10H11NO3. The van der Waals surface area contributed by atoms with Crippen LogP contribution < -0.4 is 4.74 Å². The molecule has 1 aromatic rings. The van der Waals surface area contributed by atoms with Crippen LogP contribution in [-0.2, 0) is 0 Å². The second-order valence-electron chi connectivity index (χ2n) is 2.60.